The second-order valence-corrected chi connectivity index (χ2v) is 13.8. The summed E-state index contributed by atoms with van der Waals surface area (Å²) in [5.74, 6) is 0. The molecule has 0 aliphatic rings. The molecule has 5 aromatic carbocycles. The molecule has 6 aromatic heterocycles. The van der Waals surface area contributed by atoms with Gasteiger partial charge in [-0.05, 0) is 82.6 Å². The van der Waals surface area contributed by atoms with Crippen molar-refractivity contribution < 1.29 is 0 Å². The molecule has 0 saturated heterocycles. The summed E-state index contributed by atoms with van der Waals surface area (Å²) in [4.78, 5) is 2.45. The molecule has 0 spiro atoms. The first-order chi connectivity index (χ1) is 22.7. The summed E-state index contributed by atoms with van der Waals surface area (Å²) in [5.41, 5.74) is 9.36. The molecule has 0 atom stereocenters. The molecule has 0 N–H and O–H groups in total. The Balaban J connectivity index is 1.20. The molecule has 0 aliphatic carbocycles. The van der Waals surface area contributed by atoms with Crippen LogP contribution in [-0.2, 0) is 0 Å². The normalized spacial score (nSPS) is 12.3. The molecule has 210 valence electrons. The van der Waals surface area contributed by atoms with Gasteiger partial charge in [-0.2, -0.15) is 10.5 Å². The second-order valence-electron chi connectivity index (χ2n) is 12.0. The van der Waals surface area contributed by atoms with Crippen LogP contribution in [0, 0.1) is 22.7 Å². The third-order valence-electron chi connectivity index (χ3n) is 9.83. The van der Waals surface area contributed by atoms with Crippen molar-refractivity contribution in [2.24, 2.45) is 0 Å². The summed E-state index contributed by atoms with van der Waals surface area (Å²) >= 11 is 3.50. The van der Waals surface area contributed by atoms with Gasteiger partial charge in [-0.25, -0.2) is 0 Å². The van der Waals surface area contributed by atoms with Crippen LogP contribution in [0.3, 0.4) is 0 Å². The van der Waals surface area contributed by atoms with Gasteiger partial charge in [0.05, 0.1) is 45.3 Å². The quantitative estimate of drug-likeness (QED) is 0.194. The van der Waals surface area contributed by atoms with Gasteiger partial charge in [0.15, 0.2) is 0 Å². The van der Waals surface area contributed by atoms with Gasteiger partial charge in [-0.3, -0.25) is 8.80 Å². The molecule has 0 unspecified atom stereocenters. The first kappa shape index (κ1) is 24.4. The largest absolute Gasteiger partial charge is 0.300 e. The molecule has 0 aliphatic heterocycles. The predicted octanol–water partition coefficient (Wildman–Crippen LogP) is 11.2. The minimum absolute atomic E-state index is 0.558. The fourth-order valence-electron chi connectivity index (χ4n) is 7.96. The number of hydrogen-bond acceptors (Lipinski definition) is 4. The Morgan fingerprint density at radius 1 is 0.457 bits per heavy atom. The highest BCUT2D eigenvalue weighted by atomic mass is 32.1. The van der Waals surface area contributed by atoms with Crippen LogP contribution in [0.25, 0.3) is 97.1 Å². The number of thiophene rings is 2. The summed E-state index contributed by atoms with van der Waals surface area (Å²) in [6.45, 7) is 0. The Labute approximate surface area is 269 Å². The standard InChI is InChI=1S/C40H18N4S2/c41-19-23-18-30(22-14-32-26-6-2-4-8-36(26)44-38(32)34(16-22)28-10-12-46-40(28)44)24(20-42)17-29(23)21-13-31-25-5-1-3-7-35(25)43-37(31)33(15-21)27-9-11-45-39(27)43/h1-18H. The highest BCUT2D eigenvalue weighted by molar-refractivity contribution is 7.17. The lowest BCUT2D eigenvalue weighted by atomic mass is 9.89. The van der Waals surface area contributed by atoms with Crippen LogP contribution in [0.2, 0.25) is 0 Å². The van der Waals surface area contributed by atoms with Crippen molar-refractivity contribution in [1.82, 2.24) is 8.80 Å². The fraction of sp³-hybridized carbons (Fsp3) is 0. The molecular weight excluding hydrogens is 601 g/mol. The zero-order chi connectivity index (χ0) is 30.3. The van der Waals surface area contributed by atoms with Crippen LogP contribution < -0.4 is 0 Å². The Hall–Kier alpha value is -5.92. The first-order valence-corrected chi connectivity index (χ1v) is 16.8. The average molecular weight is 619 g/mol. The van der Waals surface area contributed by atoms with Gasteiger partial charge in [0.2, 0.25) is 0 Å². The van der Waals surface area contributed by atoms with Crippen molar-refractivity contribution in [3.63, 3.8) is 0 Å². The van der Waals surface area contributed by atoms with Crippen LogP contribution in [0.5, 0.6) is 0 Å². The molecule has 4 nitrogen and oxygen atoms in total. The van der Waals surface area contributed by atoms with E-state index in [1.165, 1.54) is 64.0 Å². The van der Waals surface area contributed by atoms with Gasteiger partial charge < -0.3 is 0 Å². The maximum absolute atomic E-state index is 10.6. The molecule has 6 heterocycles. The van der Waals surface area contributed by atoms with Crippen LogP contribution in [0.4, 0.5) is 0 Å². The lowest BCUT2D eigenvalue weighted by molar-refractivity contribution is 1.39. The van der Waals surface area contributed by atoms with E-state index in [2.05, 4.69) is 117 Å². The SMILES string of the molecule is N#Cc1cc(-c2cc3c4ccccc4n4c5sccc5c(c2)c34)c(C#N)cc1-c1cc2c3ccccc3n3c4sccc4c(c1)c23. The number of nitrogens with zero attached hydrogens (tertiary/aromatic N) is 4. The minimum Gasteiger partial charge on any atom is -0.300 e. The highest BCUT2D eigenvalue weighted by Gasteiger charge is 2.23. The molecular formula is C40H18N4S2. The molecule has 11 aromatic rings. The summed E-state index contributed by atoms with van der Waals surface area (Å²) in [6.07, 6.45) is 0. The predicted molar refractivity (Wildman–Crippen MR) is 192 cm³/mol. The van der Waals surface area contributed by atoms with Gasteiger partial charge in [0, 0.05) is 54.2 Å². The zero-order valence-corrected chi connectivity index (χ0v) is 25.6. The lowest BCUT2D eigenvalue weighted by Gasteiger charge is -2.12. The van der Waals surface area contributed by atoms with E-state index in [1.807, 2.05) is 12.1 Å². The summed E-state index contributed by atoms with van der Waals surface area (Å²) in [7, 11) is 0. The van der Waals surface area contributed by atoms with E-state index in [-0.39, 0.29) is 0 Å². The number of nitriles is 2. The van der Waals surface area contributed by atoms with Gasteiger partial charge in [0.25, 0.3) is 0 Å². The Kier molecular flexibility index (Phi) is 4.46. The van der Waals surface area contributed by atoms with Gasteiger partial charge >= 0.3 is 0 Å². The van der Waals surface area contributed by atoms with Crippen molar-refractivity contribution in [2.45, 2.75) is 0 Å². The molecule has 6 heteroatoms. The fourth-order valence-corrected chi connectivity index (χ4v) is 9.83. The van der Waals surface area contributed by atoms with E-state index in [0.717, 1.165) is 33.0 Å². The molecule has 0 radical (unpaired) electrons. The lowest BCUT2D eigenvalue weighted by Crippen LogP contribution is -1.92. The third-order valence-corrected chi connectivity index (χ3v) is 11.6. The van der Waals surface area contributed by atoms with Crippen LogP contribution in [0.15, 0.2) is 108 Å². The number of rotatable bonds is 2. The Morgan fingerprint density at radius 2 is 0.870 bits per heavy atom. The van der Waals surface area contributed by atoms with E-state index in [0.29, 0.717) is 11.1 Å². The third kappa shape index (κ3) is 2.83. The smallest absolute Gasteiger partial charge is 0.108 e. The maximum atomic E-state index is 10.6. The summed E-state index contributed by atoms with van der Waals surface area (Å²) in [5, 5.41) is 34.9. The Bertz CT molecular complexity index is 2950. The second kappa shape index (κ2) is 8.41. The molecule has 0 amide bonds. The van der Waals surface area contributed by atoms with E-state index in [1.54, 1.807) is 22.7 Å². The van der Waals surface area contributed by atoms with Crippen molar-refractivity contribution in [2.75, 3.05) is 0 Å². The number of benzene rings is 5. The Morgan fingerprint density at radius 3 is 1.30 bits per heavy atom. The van der Waals surface area contributed by atoms with Crippen LogP contribution in [-0.4, -0.2) is 8.80 Å². The van der Waals surface area contributed by atoms with E-state index in [9.17, 15) is 10.5 Å². The summed E-state index contributed by atoms with van der Waals surface area (Å²) < 4.78 is 4.74. The average Bonchev–Trinajstić information content (AvgIpc) is 3.94. The minimum atomic E-state index is 0.558. The van der Waals surface area contributed by atoms with Gasteiger partial charge in [-0.15, -0.1) is 22.7 Å². The number of aromatic nitrogens is 2. The van der Waals surface area contributed by atoms with E-state index in [4.69, 9.17) is 0 Å². The highest BCUT2D eigenvalue weighted by Crippen LogP contribution is 2.46. The first-order valence-electron chi connectivity index (χ1n) is 15.0. The maximum Gasteiger partial charge on any atom is 0.108 e. The van der Waals surface area contributed by atoms with Gasteiger partial charge in [0.1, 0.15) is 9.66 Å². The van der Waals surface area contributed by atoms with Gasteiger partial charge in [-0.1, -0.05) is 36.4 Å². The number of para-hydroxylation sites is 2. The summed E-state index contributed by atoms with van der Waals surface area (Å²) in [6, 6.07) is 39.0. The molecule has 11 rings (SSSR count). The number of fused-ring (bicyclic) bond motifs is 12. The number of hydrogen-bond donors (Lipinski definition) is 0. The molecule has 46 heavy (non-hydrogen) atoms. The van der Waals surface area contributed by atoms with Crippen LogP contribution in [0.1, 0.15) is 11.1 Å². The topological polar surface area (TPSA) is 56.4 Å². The van der Waals surface area contributed by atoms with Crippen molar-refractivity contribution in [1.29, 1.82) is 10.5 Å². The van der Waals surface area contributed by atoms with E-state index >= 15 is 0 Å². The van der Waals surface area contributed by atoms with Crippen LogP contribution >= 0.6 is 22.7 Å². The monoisotopic (exact) mass is 618 g/mol. The van der Waals surface area contributed by atoms with Crippen molar-refractivity contribution in [3.05, 3.63) is 119 Å². The van der Waals surface area contributed by atoms with Crippen molar-refractivity contribution >= 4 is 97.5 Å². The molecule has 0 saturated carbocycles. The zero-order valence-electron chi connectivity index (χ0n) is 24.0. The molecule has 0 fully saturated rings. The van der Waals surface area contributed by atoms with Crippen molar-refractivity contribution in [3.8, 4) is 34.4 Å². The van der Waals surface area contributed by atoms with E-state index < -0.39 is 0 Å². The molecule has 0 bridgehead atoms.